The van der Waals surface area contributed by atoms with Crippen molar-refractivity contribution in [2.75, 3.05) is 26.3 Å². The van der Waals surface area contributed by atoms with Gasteiger partial charge in [0.05, 0.1) is 19.8 Å². The van der Waals surface area contributed by atoms with Gasteiger partial charge in [-0.1, -0.05) is 6.92 Å². The number of carbonyl (C=O) groups is 1. The van der Waals surface area contributed by atoms with Gasteiger partial charge in [0.1, 0.15) is 5.76 Å². The monoisotopic (exact) mass is 279 g/mol. The minimum Gasteiger partial charge on any atom is -0.456 e. The van der Waals surface area contributed by atoms with E-state index in [0.29, 0.717) is 25.5 Å². The smallest absolute Gasteiger partial charge is 0.290 e. The molecule has 2 aliphatic rings. The maximum absolute atomic E-state index is 12.6. The van der Waals surface area contributed by atoms with Crippen LogP contribution in [0.1, 0.15) is 41.6 Å². The number of aryl methyl sites for hydroxylation is 2. The number of piperidine rings is 1. The zero-order chi connectivity index (χ0) is 14.2. The number of carbonyl (C=O) groups excluding carboxylic acids is 1. The zero-order valence-electron chi connectivity index (χ0n) is 12.1. The van der Waals surface area contributed by atoms with Crippen LogP contribution < -0.4 is 0 Å². The van der Waals surface area contributed by atoms with E-state index < -0.39 is 5.79 Å². The van der Waals surface area contributed by atoms with E-state index >= 15 is 0 Å². The predicted molar refractivity (Wildman–Crippen MR) is 72.6 cm³/mol. The molecule has 0 bridgehead atoms. The largest absolute Gasteiger partial charge is 0.456 e. The van der Waals surface area contributed by atoms with Gasteiger partial charge in [-0.2, -0.15) is 0 Å². The van der Waals surface area contributed by atoms with Crippen LogP contribution in [0, 0.1) is 6.92 Å². The Labute approximate surface area is 118 Å². The van der Waals surface area contributed by atoms with Crippen molar-refractivity contribution in [3.05, 3.63) is 23.2 Å². The zero-order valence-corrected chi connectivity index (χ0v) is 12.1. The Balaban J connectivity index is 1.77. The summed E-state index contributed by atoms with van der Waals surface area (Å²) in [5, 5.41) is 0. The number of likely N-dealkylation sites (tertiary alicyclic amines) is 1. The van der Waals surface area contributed by atoms with Crippen LogP contribution in [0.25, 0.3) is 0 Å². The normalized spacial score (nSPS) is 21.6. The van der Waals surface area contributed by atoms with E-state index in [-0.39, 0.29) is 5.91 Å². The summed E-state index contributed by atoms with van der Waals surface area (Å²) in [5.41, 5.74) is 0.903. The van der Waals surface area contributed by atoms with Crippen LogP contribution in [0.4, 0.5) is 0 Å². The fourth-order valence-corrected chi connectivity index (χ4v) is 2.97. The molecule has 20 heavy (non-hydrogen) atoms. The van der Waals surface area contributed by atoms with E-state index in [1.807, 2.05) is 19.9 Å². The van der Waals surface area contributed by atoms with Gasteiger partial charge in [-0.3, -0.25) is 4.79 Å². The molecule has 1 spiro atoms. The molecule has 0 atom stereocenters. The van der Waals surface area contributed by atoms with Crippen molar-refractivity contribution in [2.45, 2.75) is 38.9 Å². The quantitative estimate of drug-likeness (QED) is 0.832. The van der Waals surface area contributed by atoms with E-state index in [0.717, 1.165) is 37.1 Å². The lowest BCUT2D eigenvalue weighted by atomic mass is 10.0. The second kappa shape index (κ2) is 5.22. The molecule has 2 aliphatic heterocycles. The standard InChI is InChI=1S/C15H21NO4/c1-3-12-9-11(2)13(20-12)14(17)16-6-4-5-15(10-16)18-7-8-19-15/h9H,3-8,10H2,1-2H3. The van der Waals surface area contributed by atoms with Gasteiger partial charge < -0.3 is 18.8 Å². The Morgan fingerprint density at radius 3 is 2.80 bits per heavy atom. The first-order valence-electron chi connectivity index (χ1n) is 7.30. The number of ether oxygens (including phenoxy) is 2. The SMILES string of the molecule is CCc1cc(C)c(C(=O)N2CCCC3(C2)OCCO3)o1. The number of hydrogen-bond donors (Lipinski definition) is 0. The summed E-state index contributed by atoms with van der Waals surface area (Å²) < 4.78 is 17.1. The Morgan fingerprint density at radius 2 is 2.15 bits per heavy atom. The van der Waals surface area contributed by atoms with Gasteiger partial charge in [-0.05, 0) is 19.4 Å². The maximum Gasteiger partial charge on any atom is 0.290 e. The molecule has 0 aromatic carbocycles. The van der Waals surface area contributed by atoms with Crippen LogP contribution in [-0.4, -0.2) is 42.9 Å². The molecule has 2 saturated heterocycles. The highest BCUT2D eigenvalue weighted by molar-refractivity contribution is 5.93. The van der Waals surface area contributed by atoms with Crippen molar-refractivity contribution in [3.8, 4) is 0 Å². The van der Waals surface area contributed by atoms with Gasteiger partial charge in [0.15, 0.2) is 11.5 Å². The highest BCUT2D eigenvalue weighted by Gasteiger charge is 2.42. The van der Waals surface area contributed by atoms with E-state index in [1.165, 1.54) is 0 Å². The fourth-order valence-electron chi connectivity index (χ4n) is 2.97. The van der Waals surface area contributed by atoms with Crippen LogP contribution in [0.15, 0.2) is 10.5 Å². The third-order valence-corrected chi connectivity index (χ3v) is 4.03. The van der Waals surface area contributed by atoms with Crippen LogP contribution in [0.3, 0.4) is 0 Å². The van der Waals surface area contributed by atoms with Crippen molar-refractivity contribution < 1.29 is 18.7 Å². The van der Waals surface area contributed by atoms with Gasteiger partial charge in [0.25, 0.3) is 5.91 Å². The third-order valence-electron chi connectivity index (χ3n) is 4.03. The molecule has 0 aliphatic carbocycles. The van der Waals surface area contributed by atoms with Crippen molar-refractivity contribution in [1.29, 1.82) is 0 Å². The number of hydrogen-bond acceptors (Lipinski definition) is 4. The molecule has 0 unspecified atom stereocenters. The molecule has 110 valence electrons. The summed E-state index contributed by atoms with van der Waals surface area (Å²) in [6.07, 6.45) is 2.55. The summed E-state index contributed by atoms with van der Waals surface area (Å²) in [6.45, 7) is 6.38. The molecule has 3 rings (SSSR count). The number of amides is 1. The van der Waals surface area contributed by atoms with E-state index in [4.69, 9.17) is 13.9 Å². The Hall–Kier alpha value is -1.33. The highest BCUT2D eigenvalue weighted by atomic mass is 16.7. The lowest BCUT2D eigenvalue weighted by molar-refractivity contribution is -0.183. The number of rotatable bonds is 2. The van der Waals surface area contributed by atoms with Gasteiger partial charge in [0.2, 0.25) is 0 Å². The molecule has 5 heteroatoms. The Kier molecular flexibility index (Phi) is 3.56. The van der Waals surface area contributed by atoms with Gasteiger partial charge in [-0.25, -0.2) is 0 Å². The number of furan rings is 1. The maximum atomic E-state index is 12.6. The highest BCUT2D eigenvalue weighted by Crippen LogP contribution is 2.31. The van der Waals surface area contributed by atoms with Crippen molar-refractivity contribution in [2.24, 2.45) is 0 Å². The first-order valence-corrected chi connectivity index (χ1v) is 7.30. The Morgan fingerprint density at radius 1 is 1.40 bits per heavy atom. The van der Waals surface area contributed by atoms with Crippen LogP contribution in [-0.2, 0) is 15.9 Å². The van der Waals surface area contributed by atoms with Gasteiger partial charge in [0, 0.05) is 24.9 Å². The molecule has 1 aromatic heterocycles. The molecule has 5 nitrogen and oxygen atoms in total. The van der Waals surface area contributed by atoms with E-state index in [2.05, 4.69) is 0 Å². The van der Waals surface area contributed by atoms with Gasteiger partial charge >= 0.3 is 0 Å². The lowest BCUT2D eigenvalue weighted by Gasteiger charge is -2.38. The fraction of sp³-hybridized carbons (Fsp3) is 0.667. The van der Waals surface area contributed by atoms with E-state index in [1.54, 1.807) is 4.90 Å². The summed E-state index contributed by atoms with van der Waals surface area (Å²) in [4.78, 5) is 14.4. The van der Waals surface area contributed by atoms with Crippen LogP contribution >= 0.6 is 0 Å². The Bertz CT molecular complexity index is 502. The first-order chi connectivity index (χ1) is 9.63. The van der Waals surface area contributed by atoms with Crippen molar-refractivity contribution >= 4 is 5.91 Å². The molecule has 0 radical (unpaired) electrons. The molecule has 0 saturated carbocycles. The van der Waals surface area contributed by atoms with Crippen molar-refractivity contribution in [3.63, 3.8) is 0 Å². The summed E-state index contributed by atoms with van der Waals surface area (Å²) in [5.74, 6) is 0.672. The topological polar surface area (TPSA) is 51.9 Å². The lowest BCUT2D eigenvalue weighted by Crippen LogP contribution is -2.51. The molecule has 1 aromatic rings. The molecule has 0 N–H and O–H groups in total. The number of nitrogens with zero attached hydrogens (tertiary/aromatic N) is 1. The molecule has 1 amide bonds. The minimum atomic E-state index is -0.581. The van der Waals surface area contributed by atoms with Gasteiger partial charge in [-0.15, -0.1) is 0 Å². The summed E-state index contributed by atoms with van der Waals surface area (Å²) in [7, 11) is 0. The predicted octanol–water partition coefficient (Wildman–Crippen LogP) is 2.13. The molecular formula is C15H21NO4. The summed E-state index contributed by atoms with van der Waals surface area (Å²) in [6, 6.07) is 1.94. The molecule has 3 heterocycles. The van der Waals surface area contributed by atoms with Crippen LogP contribution in [0.2, 0.25) is 0 Å². The average Bonchev–Trinajstić information content (AvgIpc) is 3.05. The molecular weight excluding hydrogens is 258 g/mol. The summed E-state index contributed by atoms with van der Waals surface area (Å²) >= 11 is 0. The first kappa shape index (κ1) is 13.6. The average molecular weight is 279 g/mol. The van der Waals surface area contributed by atoms with Crippen LogP contribution in [0.5, 0.6) is 0 Å². The van der Waals surface area contributed by atoms with Crippen molar-refractivity contribution in [1.82, 2.24) is 4.90 Å². The minimum absolute atomic E-state index is 0.0552. The van der Waals surface area contributed by atoms with E-state index in [9.17, 15) is 4.79 Å². The third kappa shape index (κ3) is 2.36. The second-order valence-corrected chi connectivity index (χ2v) is 5.52. The second-order valence-electron chi connectivity index (χ2n) is 5.52. The molecule has 2 fully saturated rings.